The minimum atomic E-state index is -5.38. The largest absolute Gasteiger partial charge is 0.489 e. The summed E-state index contributed by atoms with van der Waals surface area (Å²) in [6, 6.07) is 0. The fourth-order valence-electron chi connectivity index (χ4n) is 0.952. The molecule has 0 aliphatic carbocycles. The molecule has 6 N–H and O–H groups in total. The van der Waals surface area contributed by atoms with E-state index in [1.54, 1.807) is 0 Å². The van der Waals surface area contributed by atoms with Gasteiger partial charge >= 0.3 is 23.4 Å². The average Bonchev–Trinajstić information content (AvgIpc) is 2.10. The van der Waals surface area contributed by atoms with Crippen molar-refractivity contribution < 1.29 is 47.0 Å². The van der Waals surface area contributed by atoms with Crippen molar-refractivity contribution in [2.75, 3.05) is 13.2 Å². The van der Waals surface area contributed by atoms with Crippen LogP contribution in [0.15, 0.2) is 0 Å². The lowest BCUT2D eigenvalue weighted by atomic mass is 10.2. The second-order valence-electron chi connectivity index (χ2n) is 3.34. The molecule has 116 valence electrons. The van der Waals surface area contributed by atoms with E-state index in [0.29, 0.717) is 19.3 Å². The van der Waals surface area contributed by atoms with Crippen LogP contribution >= 0.6 is 23.4 Å². The average molecular weight is 343 g/mol. The molecule has 0 radical (unpaired) electrons. The molecule has 0 amide bonds. The van der Waals surface area contributed by atoms with Crippen molar-refractivity contribution in [1.82, 2.24) is 5.09 Å². The minimum Gasteiger partial charge on any atom is -0.396 e. The molecule has 0 aromatic rings. The number of phosphoric acid groups is 2. The Hall–Kier alpha value is 0.370. The number of unbranched alkanes of at least 4 members (excludes halogenated alkanes) is 2. The summed E-state index contributed by atoms with van der Waals surface area (Å²) >= 11 is 0. The number of aliphatic hydroxyl groups is 1. The van der Waals surface area contributed by atoms with Gasteiger partial charge in [0.15, 0.2) is 0 Å². The molecule has 14 heteroatoms. The van der Waals surface area contributed by atoms with Crippen molar-refractivity contribution in [2.45, 2.75) is 19.3 Å². The lowest BCUT2D eigenvalue weighted by molar-refractivity contribution is 0.221. The molecule has 0 spiro atoms. The molecule has 2 unspecified atom stereocenters. The van der Waals surface area contributed by atoms with Crippen molar-refractivity contribution in [1.29, 1.82) is 0 Å². The lowest BCUT2D eigenvalue weighted by Crippen LogP contribution is -2.13. The zero-order valence-electron chi connectivity index (χ0n) is 9.65. The van der Waals surface area contributed by atoms with Crippen LogP contribution in [-0.4, -0.2) is 37.8 Å². The summed E-state index contributed by atoms with van der Waals surface area (Å²) in [7, 11) is -15.5. The quantitative estimate of drug-likeness (QED) is 0.233. The molecule has 19 heavy (non-hydrogen) atoms. The van der Waals surface area contributed by atoms with E-state index in [9.17, 15) is 13.7 Å². The molecule has 0 bridgehead atoms. The van der Waals surface area contributed by atoms with E-state index in [1.165, 1.54) is 0 Å². The predicted octanol–water partition coefficient (Wildman–Crippen LogP) is 0.0653. The highest BCUT2D eigenvalue weighted by atomic mass is 31.3. The molecular weight excluding hydrogens is 327 g/mol. The number of hydrogen-bond donors (Lipinski definition) is 6. The summed E-state index contributed by atoms with van der Waals surface area (Å²) in [5.41, 5.74) is 0. The van der Waals surface area contributed by atoms with Gasteiger partial charge < -0.3 is 24.7 Å². The van der Waals surface area contributed by atoms with Gasteiger partial charge in [-0.15, -0.1) is 0 Å². The summed E-state index contributed by atoms with van der Waals surface area (Å²) in [5, 5.41) is 10.4. The molecule has 0 saturated carbocycles. The second-order valence-corrected chi connectivity index (χ2v) is 7.92. The van der Waals surface area contributed by atoms with Gasteiger partial charge in [0.1, 0.15) is 0 Å². The molecule has 0 heterocycles. The number of hydrogen-bond acceptors (Lipinski definition) is 6. The Bertz CT molecular complexity index is 406. The van der Waals surface area contributed by atoms with Gasteiger partial charge in [-0.3, -0.25) is 0 Å². The highest BCUT2D eigenvalue weighted by Crippen LogP contribution is 2.64. The summed E-state index contributed by atoms with van der Waals surface area (Å²) in [6.45, 7) is -0.0983. The molecule has 2 atom stereocenters. The summed E-state index contributed by atoms with van der Waals surface area (Å²) in [5.74, 6) is 0. The van der Waals surface area contributed by atoms with Crippen molar-refractivity contribution in [3.8, 4) is 0 Å². The fraction of sp³-hybridized carbons (Fsp3) is 1.00. The van der Waals surface area contributed by atoms with Crippen LogP contribution in [0.5, 0.6) is 0 Å². The van der Waals surface area contributed by atoms with Crippen LogP contribution in [0.3, 0.4) is 0 Å². The second kappa shape index (κ2) is 7.97. The topological polar surface area (TPSA) is 183 Å². The van der Waals surface area contributed by atoms with Gasteiger partial charge in [0, 0.05) is 13.2 Å². The van der Waals surface area contributed by atoms with E-state index in [4.69, 9.17) is 24.7 Å². The maximum atomic E-state index is 11.3. The summed E-state index contributed by atoms with van der Waals surface area (Å²) in [4.78, 5) is 34.5. The van der Waals surface area contributed by atoms with Gasteiger partial charge in [-0.2, -0.15) is 8.62 Å². The smallest absolute Gasteiger partial charge is 0.396 e. The number of rotatable bonds is 10. The van der Waals surface area contributed by atoms with E-state index < -0.39 is 23.4 Å². The van der Waals surface area contributed by atoms with E-state index in [-0.39, 0.29) is 13.2 Å². The van der Waals surface area contributed by atoms with Gasteiger partial charge in [-0.25, -0.2) is 18.8 Å². The van der Waals surface area contributed by atoms with Gasteiger partial charge in [0.2, 0.25) is 0 Å². The number of nitrogens with one attached hydrogen (secondary N) is 1. The molecule has 0 fully saturated rings. The standard InChI is InChI=1S/C5H16NO10P3/c7-5-3-1-2-4-6-17(8,9)15-19(13,14)16-18(10,11)12/h7H,1-5H2,(H,13,14)(H2,6,8,9)(H2,10,11,12). The molecule has 0 rings (SSSR count). The third-order valence-electron chi connectivity index (χ3n) is 1.57. The van der Waals surface area contributed by atoms with Crippen molar-refractivity contribution in [3.63, 3.8) is 0 Å². The van der Waals surface area contributed by atoms with Crippen LogP contribution in [0.2, 0.25) is 0 Å². The Labute approximate surface area is 109 Å². The van der Waals surface area contributed by atoms with Crippen LogP contribution < -0.4 is 5.09 Å². The molecular formula is C5H16NO10P3. The van der Waals surface area contributed by atoms with Crippen LogP contribution in [0.1, 0.15) is 19.3 Å². The van der Waals surface area contributed by atoms with Crippen molar-refractivity contribution in [3.05, 3.63) is 0 Å². The van der Waals surface area contributed by atoms with E-state index in [1.807, 2.05) is 5.09 Å². The van der Waals surface area contributed by atoms with Crippen molar-refractivity contribution in [2.24, 2.45) is 0 Å². The van der Waals surface area contributed by atoms with Crippen LogP contribution in [0.25, 0.3) is 0 Å². The van der Waals surface area contributed by atoms with Gasteiger partial charge in [0.05, 0.1) is 0 Å². The summed E-state index contributed by atoms with van der Waals surface area (Å²) in [6.07, 6.45) is 1.40. The Morgan fingerprint density at radius 2 is 1.47 bits per heavy atom. The Morgan fingerprint density at radius 3 is 1.95 bits per heavy atom. The van der Waals surface area contributed by atoms with Gasteiger partial charge in [0.25, 0.3) is 0 Å². The van der Waals surface area contributed by atoms with Crippen LogP contribution in [0, 0.1) is 0 Å². The lowest BCUT2D eigenvalue weighted by Gasteiger charge is -2.16. The normalized spacial score (nSPS) is 18.8. The molecule has 0 aliphatic heterocycles. The predicted molar refractivity (Wildman–Crippen MR) is 62.8 cm³/mol. The molecule has 0 aliphatic rings. The fourth-order valence-corrected chi connectivity index (χ4v) is 4.21. The first-order chi connectivity index (χ1) is 8.47. The monoisotopic (exact) mass is 343 g/mol. The molecule has 0 aromatic carbocycles. The first kappa shape index (κ1) is 19.4. The van der Waals surface area contributed by atoms with Crippen LogP contribution in [-0.2, 0) is 22.3 Å². The SMILES string of the molecule is O=P(O)(O)OP(=O)(O)OP(=O)(O)NCCCCCO. The maximum absolute atomic E-state index is 11.3. The molecule has 11 nitrogen and oxygen atoms in total. The minimum absolute atomic E-state index is 0.0325. The zero-order chi connectivity index (χ0) is 15.2. The van der Waals surface area contributed by atoms with E-state index in [2.05, 4.69) is 8.62 Å². The van der Waals surface area contributed by atoms with Crippen molar-refractivity contribution >= 4 is 23.4 Å². The first-order valence-electron chi connectivity index (χ1n) is 4.97. The van der Waals surface area contributed by atoms with Gasteiger partial charge in [-0.1, -0.05) is 0 Å². The number of aliphatic hydroxyl groups excluding tert-OH is 1. The third kappa shape index (κ3) is 11.9. The highest BCUT2D eigenvalue weighted by Gasteiger charge is 2.39. The van der Waals surface area contributed by atoms with Crippen LogP contribution in [0.4, 0.5) is 0 Å². The Morgan fingerprint density at radius 1 is 0.895 bits per heavy atom. The van der Waals surface area contributed by atoms with Gasteiger partial charge in [-0.05, 0) is 19.3 Å². The zero-order valence-corrected chi connectivity index (χ0v) is 12.3. The third-order valence-corrected chi connectivity index (χ3v) is 5.58. The summed E-state index contributed by atoms with van der Waals surface area (Å²) < 4.78 is 39.7. The Balaban J connectivity index is 4.24. The first-order valence-corrected chi connectivity index (χ1v) is 9.57. The molecule has 0 aromatic heterocycles. The Kier molecular flexibility index (Phi) is 8.13. The molecule has 0 saturated heterocycles. The van der Waals surface area contributed by atoms with E-state index in [0.717, 1.165) is 0 Å². The highest BCUT2D eigenvalue weighted by molar-refractivity contribution is 7.67. The van der Waals surface area contributed by atoms with E-state index >= 15 is 0 Å². The maximum Gasteiger partial charge on any atom is 0.489 e.